The maximum atomic E-state index is 14.0. The van der Waals surface area contributed by atoms with Crippen LogP contribution < -0.4 is 24.3 Å². The highest BCUT2D eigenvalue weighted by Gasteiger charge is 2.36. The number of benzene rings is 2. The normalized spacial score (nSPS) is 14.8. The smallest absolute Gasteiger partial charge is 0.250 e. The molecule has 1 saturated carbocycles. The van der Waals surface area contributed by atoms with Gasteiger partial charge in [0.1, 0.15) is 12.3 Å². The number of tetrazole rings is 1. The van der Waals surface area contributed by atoms with Crippen LogP contribution in [0.2, 0.25) is 0 Å². The highest BCUT2D eigenvalue weighted by molar-refractivity contribution is 5.88. The molecule has 13 nitrogen and oxygen atoms in total. The highest BCUT2D eigenvalue weighted by atomic mass is 16.7. The number of carbonyl (C=O) groups is 2. The summed E-state index contributed by atoms with van der Waals surface area (Å²) in [5, 5.41) is 15.8. The van der Waals surface area contributed by atoms with Gasteiger partial charge < -0.3 is 33.6 Å². The zero-order chi connectivity index (χ0) is 29.8. The van der Waals surface area contributed by atoms with E-state index >= 15 is 0 Å². The molecule has 0 unspecified atom stereocenters. The Hall–Kier alpha value is -5.07. The van der Waals surface area contributed by atoms with Gasteiger partial charge in [-0.2, -0.15) is 4.80 Å². The number of amides is 2. The van der Waals surface area contributed by atoms with Crippen LogP contribution >= 0.6 is 0 Å². The molecule has 13 heteroatoms. The second-order valence-corrected chi connectivity index (χ2v) is 10.3. The molecular formula is C30H32N6O7. The molecule has 43 heavy (non-hydrogen) atoms. The third-order valence-corrected chi connectivity index (χ3v) is 7.56. The Morgan fingerprint density at radius 3 is 2.63 bits per heavy atom. The topological polar surface area (TPSA) is 143 Å². The molecule has 1 N–H and O–H groups in total. The van der Waals surface area contributed by atoms with E-state index in [1.807, 2.05) is 6.07 Å². The van der Waals surface area contributed by atoms with E-state index in [1.54, 1.807) is 49.6 Å². The van der Waals surface area contributed by atoms with E-state index in [9.17, 15) is 9.59 Å². The van der Waals surface area contributed by atoms with Crippen LogP contribution in [0.4, 0.5) is 0 Å². The number of hydrogen-bond donors (Lipinski definition) is 1. The number of rotatable bonds is 11. The van der Waals surface area contributed by atoms with E-state index in [0.29, 0.717) is 40.1 Å². The second kappa shape index (κ2) is 12.4. The minimum absolute atomic E-state index is 0.0495. The molecule has 0 saturated heterocycles. The van der Waals surface area contributed by atoms with E-state index in [1.165, 1.54) is 23.1 Å². The Morgan fingerprint density at radius 2 is 1.86 bits per heavy atom. The molecule has 6 rings (SSSR count). The lowest BCUT2D eigenvalue weighted by Crippen LogP contribution is -2.46. The summed E-state index contributed by atoms with van der Waals surface area (Å²) in [5.41, 5.74) is 1.39. The zero-order valence-electron chi connectivity index (χ0n) is 23.9. The van der Waals surface area contributed by atoms with Crippen molar-refractivity contribution >= 4 is 11.8 Å². The van der Waals surface area contributed by atoms with Gasteiger partial charge in [-0.1, -0.05) is 18.9 Å². The minimum atomic E-state index is -1.03. The predicted molar refractivity (Wildman–Crippen MR) is 151 cm³/mol. The standard InChI is InChI=1S/C30H32N6O7/c1-39-22-12-10-20(15-25(22)40-2)29-32-34-36(33-29)17-27(37)35(16-19-9-11-23-26(14-19)43-18-42-23)28(24-8-5-13-41-24)30(38)31-21-6-3-4-7-21/h5,8-15,21,28H,3-4,6-7,16-18H2,1-2H3,(H,31,38)/t28-/m0/s1. The van der Waals surface area contributed by atoms with Gasteiger partial charge in [0.05, 0.1) is 20.5 Å². The first-order valence-corrected chi connectivity index (χ1v) is 14.0. The molecular weight excluding hydrogens is 556 g/mol. The molecule has 1 aliphatic carbocycles. The van der Waals surface area contributed by atoms with Crippen LogP contribution in [0.25, 0.3) is 11.4 Å². The number of nitrogens with one attached hydrogen (secondary N) is 1. The van der Waals surface area contributed by atoms with Gasteiger partial charge in [-0.3, -0.25) is 9.59 Å². The van der Waals surface area contributed by atoms with Crippen LogP contribution in [0.15, 0.2) is 59.2 Å². The highest BCUT2D eigenvalue weighted by Crippen LogP contribution is 2.34. The lowest BCUT2D eigenvalue weighted by molar-refractivity contribution is -0.143. The van der Waals surface area contributed by atoms with Crippen molar-refractivity contribution < 1.29 is 33.0 Å². The van der Waals surface area contributed by atoms with Gasteiger partial charge in [-0.25, -0.2) is 0 Å². The molecule has 224 valence electrons. The number of methoxy groups -OCH3 is 2. The SMILES string of the molecule is COc1ccc(-c2nnn(CC(=O)N(Cc3ccc4c(c3)OCO4)[C@H](C(=O)NC3CCCC3)c3ccco3)n2)cc1OC. The van der Waals surface area contributed by atoms with E-state index in [-0.39, 0.29) is 31.8 Å². The van der Waals surface area contributed by atoms with Gasteiger partial charge in [0.25, 0.3) is 5.91 Å². The van der Waals surface area contributed by atoms with Gasteiger partial charge in [0, 0.05) is 18.2 Å². The van der Waals surface area contributed by atoms with E-state index in [0.717, 1.165) is 31.2 Å². The summed E-state index contributed by atoms with van der Waals surface area (Å²) in [6, 6.07) is 13.1. The van der Waals surface area contributed by atoms with Crippen LogP contribution in [-0.4, -0.2) is 64.0 Å². The fraction of sp³-hybridized carbons (Fsp3) is 0.367. The molecule has 1 aliphatic heterocycles. The molecule has 1 atom stereocenters. The van der Waals surface area contributed by atoms with Crippen LogP contribution in [0.5, 0.6) is 23.0 Å². The first-order valence-electron chi connectivity index (χ1n) is 14.0. The third kappa shape index (κ3) is 6.10. The van der Waals surface area contributed by atoms with Crippen molar-refractivity contribution in [1.82, 2.24) is 30.4 Å². The Balaban J connectivity index is 1.29. The van der Waals surface area contributed by atoms with Crippen molar-refractivity contribution in [3.8, 4) is 34.4 Å². The number of aromatic nitrogens is 4. The lowest BCUT2D eigenvalue weighted by atomic mass is 10.1. The Morgan fingerprint density at radius 1 is 1.05 bits per heavy atom. The molecule has 1 fully saturated rings. The Bertz CT molecular complexity index is 1580. The molecule has 2 aliphatic rings. The first-order chi connectivity index (χ1) is 21.0. The van der Waals surface area contributed by atoms with Gasteiger partial charge in [-0.05, 0) is 66.1 Å². The molecule has 3 heterocycles. The largest absolute Gasteiger partial charge is 0.493 e. The summed E-state index contributed by atoms with van der Waals surface area (Å²) < 4.78 is 27.4. The molecule has 2 aromatic carbocycles. The molecule has 0 bridgehead atoms. The lowest BCUT2D eigenvalue weighted by Gasteiger charge is -2.30. The Kier molecular flexibility index (Phi) is 8.11. The number of carbonyl (C=O) groups excluding carboxylic acids is 2. The average Bonchev–Trinajstić information content (AvgIpc) is 3.85. The van der Waals surface area contributed by atoms with Crippen LogP contribution in [0.1, 0.15) is 43.0 Å². The predicted octanol–water partition coefficient (Wildman–Crippen LogP) is 3.51. The van der Waals surface area contributed by atoms with Crippen molar-refractivity contribution in [2.24, 2.45) is 0 Å². The van der Waals surface area contributed by atoms with Crippen LogP contribution in [0.3, 0.4) is 0 Å². The van der Waals surface area contributed by atoms with Crippen molar-refractivity contribution in [2.75, 3.05) is 21.0 Å². The fourth-order valence-electron chi connectivity index (χ4n) is 5.39. The van der Waals surface area contributed by atoms with Crippen molar-refractivity contribution in [3.63, 3.8) is 0 Å². The van der Waals surface area contributed by atoms with E-state index in [4.69, 9.17) is 23.4 Å². The number of furan rings is 1. The summed E-state index contributed by atoms with van der Waals surface area (Å²) in [5.74, 6) is 2.21. The van der Waals surface area contributed by atoms with Crippen molar-refractivity contribution in [3.05, 3.63) is 66.1 Å². The monoisotopic (exact) mass is 588 g/mol. The maximum Gasteiger partial charge on any atom is 0.250 e. The third-order valence-electron chi connectivity index (χ3n) is 7.56. The summed E-state index contributed by atoms with van der Waals surface area (Å²) in [4.78, 5) is 30.5. The first kappa shape index (κ1) is 28.1. The summed E-state index contributed by atoms with van der Waals surface area (Å²) >= 11 is 0. The number of hydrogen-bond acceptors (Lipinski definition) is 10. The molecule has 2 aromatic heterocycles. The van der Waals surface area contributed by atoms with Gasteiger partial charge >= 0.3 is 0 Å². The second-order valence-electron chi connectivity index (χ2n) is 10.3. The number of ether oxygens (including phenoxy) is 4. The zero-order valence-corrected chi connectivity index (χ0v) is 23.9. The van der Waals surface area contributed by atoms with E-state index < -0.39 is 11.9 Å². The van der Waals surface area contributed by atoms with Crippen LogP contribution in [-0.2, 0) is 22.7 Å². The molecule has 4 aromatic rings. The number of fused-ring (bicyclic) bond motifs is 1. The molecule has 2 amide bonds. The quantitative estimate of drug-likeness (QED) is 0.276. The molecule has 0 spiro atoms. The fourth-order valence-corrected chi connectivity index (χ4v) is 5.39. The Labute approximate surface area is 247 Å². The maximum absolute atomic E-state index is 14.0. The summed E-state index contributed by atoms with van der Waals surface area (Å²) in [7, 11) is 3.09. The summed E-state index contributed by atoms with van der Waals surface area (Å²) in [6.45, 7) is -0.0461. The van der Waals surface area contributed by atoms with Gasteiger partial charge in [0.2, 0.25) is 18.5 Å². The van der Waals surface area contributed by atoms with Crippen LogP contribution in [0, 0.1) is 0 Å². The average molecular weight is 589 g/mol. The minimum Gasteiger partial charge on any atom is -0.493 e. The van der Waals surface area contributed by atoms with Gasteiger partial charge in [0.15, 0.2) is 29.0 Å². The van der Waals surface area contributed by atoms with E-state index in [2.05, 4.69) is 20.7 Å². The number of nitrogens with zero attached hydrogens (tertiary/aromatic N) is 5. The van der Waals surface area contributed by atoms with Crippen molar-refractivity contribution in [2.45, 2.75) is 50.9 Å². The van der Waals surface area contributed by atoms with Gasteiger partial charge in [-0.15, -0.1) is 10.2 Å². The summed E-state index contributed by atoms with van der Waals surface area (Å²) in [6.07, 6.45) is 5.39. The molecule has 0 radical (unpaired) electrons. The van der Waals surface area contributed by atoms with Crippen molar-refractivity contribution in [1.29, 1.82) is 0 Å².